The highest BCUT2D eigenvalue weighted by Crippen LogP contribution is 2.47. The quantitative estimate of drug-likeness (QED) is 0.553. The van der Waals surface area contributed by atoms with Crippen molar-refractivity contribution in [2.24, 2.45) is 11.8 Å². The molecule has 2 aliphatic rings. The molecule has 0 unspecified atom stereocenters. The van der Waals surface area contributed by atoms with E-state index in [0.29, 0.717) is 17.9 Å². The van der Waals surface area contributed by atoms with Crippen molar-refractivity contribution in [3.05, 3.63) is 12.2 Å². The Bertz CT molecular complexity index is 383. The van der Waals surface area contributed by atoms with Crippen molar-refractivity contribution >= 4 is 8.32 Å². The smallest absolute Gasteiger partial charge is 0.192 e. The van der Waals surface area contributed by atoms with E-state index in [1.54, 1.807) is 0 Å². The van der Waals surface area contributed by atoms with Crippen LogP contribution in [-0.4, -0.2) is 26.1 Å². The zero-order valence-electron chi connectivity index (χ0n) is 13.8. The van der Waals surface area contributed by atoms with Crippen molar-refractivity contribution in [1.82, 2.24) is 0 Å². The van der Waals surface area contributed by atoms with Crippen molar-refractivity contribution in [1.29, 1.82) is 0 Å². The molecule has 5 atom stereocenters. The van der Waals surface area contributed by atoms with Crippen molar-refractivity contribution in [3.63, 3.8) is 0 Å². The van der Waals surface area contributed by atoms with Gasteiger partial charge in [0.2, 0.25) is 0 Å². The SMILES string of the molecule is C[C@H]1[C@@H](O[Si](C)(C)C(C)(C)C)[C@@H](C)[C@@]2(C)C=C[C@@H]1O2. The van der Waals surface area contributed by atoms with Crippen LogP contribution in [0.4, 0.5) is 0 Å². The third kappa shape index (κ3) is 2.45. The van der Waals surface area contributed by atoms with Crippen LogP contribution >= 0.6 is 0 Å². The van der Waals surface area contributed by atoms with E-state index in [4.69, 9.17) is 9.16 Å². The van der Waals surface area contributed by atoms with E-state index >= 15 is 0 Å². The third-order valence-corrected chi connectivity index (χ3v) is 10.2. The maximum atomic E-state index is 6.73. The van der Waals surface area contributed by atoms with Gasteiger partial charge in [0.05, 0.1) is 17.8 Å². The number of ether oxygens (including phenoxy) is 1. The Morgan fingerprint density at radius 3 is 2.32 bits per heavy atom. The van der Waals surface area contributed by atoms with Crippen LogP contribution in [0, 0.1) is 11.8 Å². The highest BCUT2D eigenvalue weighted by atomic mass is 28.4. The van der Waals surface area contributed by atoms with Crippen LogP contribution in [0.1, 0.15) is 41.5 Å². The highest BCUT2D eigenvalue weighted by Gasteiger charge is 2.52. The van der Waals surface area contributed by atoms with Crippen molar-refractivity contribution in [3.8, 4) is 0 Å². The molecule has 2 heterocycles. The predicted octanol–water partition coefficient (Wildman–Crippen LogP) is 4.38. The van der Waals surface area contributed by atoms with Crippen LogP contribution in [0.15, 0.2) is 12.2 Å². The second-order valence-electron chi connectivity index (χ2n) is 8.12. The van der Waals surface area contributed by atoms with Crippen LogP contribution in [0.5, 0.6) is 0 Å². The zero-order valence-corrected chi connectivity index (χ0v) is 14.8. The lowest BCUT2D eigenvalue weighted by atomic mass is 9.79. The van der Waals surface area contributed by atoms with E-state index < -0.39 is 8.32 Å². The molecule has 2 aliphatic heterocycles. The topological polar surface area (TPSA) is 18.5 Å². The number of hydrogen-bond acceptors (Lipinski definition) is 2. The van der Waals surface area contributed by atoms with E-state index in [9.17, 15) is 0 Å². The lowest BCUT2D eigenvalue weighted by Crippen LogP contribution is -2.56. The fourth-order valence-electron chi connectivity index (χ4n) is 2.89. The molecule has 19 heavy (non-hydrogen) atoms. The summed E-state index contributed by atoms with van der Waals surface area (Å²) in [6, 6.07) is 0. The molecule has 2 rings (SSSR count). The Morgan fingerprint density at radius 2 is 1.79 bits per heavy atom. The first-order chi connectivity index (χ1) is 8.48. The van der Waals surface area contributed by atoms with Gasteiger partial charge in [-0.2, -0.15) is 0 Å². The van der Waals surface area contributed by atoms with Crippen LogP contribution < -0.4 is 0 Å². The summed E-state index contributed by atoms with van der Waals surface area (Å²) in [6.07, 6.45) is 5.01. The molecule has 0 aromatic carbocycles. The molecule has 2 bridgehead atoms. The Balaban J connectivity index is 2.22. The maximum absolute atomic E-state index is 6.73. The predicted molar refractivity (Wildman–Crippen MR) is 82.8 cm³/mol. The van der Waals surface area contributed by atoms with Gasteiger partial charge < -0.3 is 9.16 Å². The number of rotatable bonds is 2. The first-order valence-electron chi connectivity index (χ1n) is 7.53. The molecule has 3 heteroatoms. The molecule has 2 nitrogen and oxygen atoms in total. The average Bonchev–Trinajstić information content (AvgIpc) is 2.63. The molecular weight excluding hydrogens is 252 g/mol. The normalized spacial score (nSPS) is 42.7. The summed E-state index contributed by atoms with van der Waals surface area (Å²) in [5, 5.41) is 0.262. The summed E-state index contributed by atoms with van der Waals surface area (Å²) >= 11 is 0. The monoisotopic (exact) mass is 282 g/mol. The van der Waals surface area contributed by atoms with Crippen LogP contribution in [0.3, 0.4) is 0 Å². The molecule has 0 aromatic heterocycles. The Labute approximate surface area is 119 Å². The van der Waals surface area contributed by atoms with Crippen LogP contribution in [0.2, 0.25) is 18.1 Å². The molecule has 0 aromatic rings. The minimum absolute atomic E-state index is 0.135. The first-order valence-corrected chi connectivity index (χ1v) is 10.4. The van der Waals surface area contributed by atoms with Gasteiger partial charge in [0.1, 0.15) is 0 Å². The molecule has 0 spiro atoms. The lowest BCUT2D eigenvalue weighted by Gasteiger charge is -2.50. The van der Waals surface area contributed by atoms with E-state index in [2.05, 4.69) is 66.8 Å². The molecule has 0 N–H and O–H groups in total. The second-order valence-corrected chi connectivity index (χ2v) is 12.9. The Morgan fingerprint density at radius 1 is 1.21 bits per heavy atom. The summed E-state index contributed by atoms with van der Waals surface area (Å²) in [7, 11) is -1.72. The summed E-state index contributed by atoms with van der Waals surface area (Å²) in [4.78, 5) is 0. The fraction of sp³-hybridized carbons (Fsp3) is 0.875. The van der Waals surface area contributed by atoms with Gasteiger partial charge in [-0.05, 0) is 25.1 Å². The van der Waals surface area contributed by atoms with Gasteiger partial charge in [0, 0.05) is 11.8 Å². The van der Waals surface area contributed by atoms with Gasteiger partial charge in [-0.3, -0.25) is 0 Å². The molecule has 0 radical (unpaired) electrons. The van der Waals surface area contributed by atoms with Crippen LogP contribution in [-0.2, 0) is 9.16 Å². The van der Waals surface area contributed by atoms with Crippen molar-refractivity contribution in [2.75, 3.05) is 0 Å². The molecule has 1 saturated heterocycles. The van der Waals surface area contributed by atoms with Gasteiger partial charge in [-0.1, -0.05) is 46.8 Å². The molecule has 0 saturated carbocycles. The second kappa shape index (κ2) is 4.44. The van der Waals surface area contributed by atoms with Gasteiger partial charge in [-0.25, -0.2) is 0 Å². The third-order valence-electron chi connectivity index (χ3n) is 5.68. The summed E-state index contributed by atoms with van der Waals surface area (Å²) in [5.74, 6) is 0.850. The average molecular weight is 282 g/mol. The lowest BCUT2D eigenvalue weighted by molar-refractivity contribution is -0.159. The fourth-order valence-corrected chi connectivity index (χ4v) is 4.35. The van der Waals surface area contributed by atoms with E-state index in [1.807, 2.05) is 0 Å². The Hall–Kier alpha value is -0.123. The van der Waals surface area contributed by atoms with E-state index in [0.717, 1.165) is 0 Å². The van der Waals surface area contributed by atoms with Gasteiger partial charge in [0.25, 0.3) is 0 Å². The summed E-state index contributed by atoms with van der Waals surface area (Å²) in [6.45, 7) is 18.4. The van der Waals surface area contributed by atoms with Gasteiger partial charge in [-0.15, -0.1) is 0 Å². The zero-order chi connectivity index (χ0) is 14.6. The van der Waals surface area contributed by atoms with E-state index in [1.165, 1.54) is 0 Å². The van der Waals surface area contributed by atoms with E-state index in [-0.39, 0.29) is 16.7 Å². The van der Waals surface area contributed by atoms with Gasteiger partial charge in [0.15, 0.2) is 8.32 Å². The number of fused-ring (bicyclic) bond motifs is 2. The molecule has 0 aliphatic carbocycles. The van der Waals surface area contributed by atoms with Crippen molar-refractivity contribution < 1.29 is 9.16 Å². The Kier molecular flexibility index (Phi) is 3.57. The number of hydrogen-bond donors (Lipinski definition) is 0. The van der Waals surface area contributed by atoms with Crippen LogP contribution in [0.25, 0.3) is 0 Å². The minimum Gasteiger partial charge on any atom is -0.413 e. The van der Waals surface area contributed by atoms with Crippen molar-refractivity contribution in [2.45, 2.75) is 77.5 Å². The highest BCUT2D eigenvalue weighted by molar-refractivity contribution is 6.74. The maximum Gasteiger partial charge on any atom is 0.192 e. The minimum atomic E-state index is -1.72. The van der Waals surface area contributed by atoms with Gasteiger partial charge >= 0.3 is 0 Å². The largest absolute Gasteiger partial charge is 0.413 e. The first kappa shape index (κ1) is 15.3. The standard InChI is InChI=1S/C16H30O2Si/c1-11-13-9-10-16(6,17-13)12(2)14(11)18-19(7,8)15(3,4)5/h9-14H,1-8H3/t11-,12-,13+,14-,16-/m1/s1. The molecule has 0 amide bonds. The molecule has 1 fully saturated rings. The molecule has 110 valence electrons. The summed E-state index contributed by atoms with van der Waals surface area (Å²) in [5.41, 5.74) is -0.135. The molecular formula is C16H30O2Si. The summed E-state index contributed by atoms with van der Waals surface area (Å²) < 4.78 is 12.9.